The van der Waals surface area contributed by atoms with Crippen LogP contribution in [0.3, 0.4) is 0 Å². The zero-order chi connectivity index (χ0) is 9.84. The van der Waals surface area contributed by atoms with E-state index in [4.69, 9.17) is 11.6 Å². The van der Waals surface area contributed by atoms with Gasteiger partial charge in [-0.2, -0.15) is 5.10 Å². The first-order valence-corrected chi connectivity index (χ1v) is 4.76. The van der Waals surface area contributed by atoms with Crippen molar-refractivity contribution in [1.82, 2.24) is 10.2 Å². The van der Waals surface area contributed by atoms with Gasteiger partial charge in [0, 0.05) is 11.1 Å². The minimum Gasteiger partial charge on any atom is -0.282 e. The van der Waals surface area contributed by atoms with E-state index in [2.05, 4.69) is 10.2 Å². The fourth-order valence-corrected chi connectivity index (χ4v) is 1.49. The predicted molar refractivity (Wildman–Crippen MR) is 57.2 cm³/mol. The molecule has 0 bridgehead atoms. The Labute approximate surface area is 82.9 Å². The Morgan fingerprint density at radius 3 is 2.62 bits per heavy atom. The third kappa shape index (κ3) is 1.83. The molecule has 1 aromatic heterocycles. The minimum absolute atomic E-state index is 0.758. The Hall–Kier alpha value is -1.02. The van der Waals surface area contributed by atoms with Gasteiger partial charge in [0.25, 0.3) is 0 Å². The molecule has 0 amide bonds. The van der Waals surface area contributed by atoms with Gasteiger partial charge in [-0.15, -0.1) is 0 Å². The number of halogens is 1. The van der Waals surface area contributed by atoms with Crippen molar-refractivity contribution < 1.29 is 0 Å². The van der Waals surface area contributed by atoms with E-state index in [-0.39, 0.29) is 0 Å². The number of H-pyrrole nitrogens is 1. The second kappa shape index (κ2) is 4.28. The monoisotopic (exact) mass is 196 g/mol. The first-order valence-electron chi connectivity index (χ1n) is 4.38. The molecule has 0 saturated carbocycles. The molecule has 13 heavy (non-hydrogen) atoms. The fraction of sp³-hybridized carbons (Fsp3) is 0.300. The van der Waals surface area contributed by atoms with Gasteiger partial charge in [-0.25, -0.2) is 0 Å². The van der Waals surface area contributed by atoms with Gasteiger partial charge in [0.2, 0.25) is 0 Å². The summed E-state index contributed by atoms with van der Waals surface area (Å²) in [6, 6.07) is 5.70. The van der Waals surface area contributed by atoms with Gasteiger partial charge < -0.3 is 0 Å². The lowest BCUT2D eigenvalue weighted by Crippen LogP contribution is -1.70. The second-order valence-corrected chi connectivity index (χ2v) is 2.89. The number of hydrogen-bond acceptors (Lipinski definition) is 1. The molecule has 1 N–H and O–H groups in total. The van der Waals surface area contributed by atoms with Gasteiger partial charge in [0.05, 0.1) is 10.5 Å². The number of aromatic nitrogens is 2. The number of aryl methyl sites for hydroxylation is 1. The van der Waals surface area contributed by atoms with E-state index >= 15 is 0 Å². The summed E-state index contributed by atoms with van der Waals surface area (Å²) < 4.78 is 0. The summed E-state index contributed by atoms with van der Waals surface area (Å²) in [7, 11) is 0. The highest BCUT2D eigenvalue weighted by Gasteiger charge is 2.03. The third-order valence-electron chi connectivity index (χ3n) is 1.71. The molecule has 0 fully saturated rings. The molecule has 0 aliphatic carbocycles. The van der Waals surface area contributed by atoms with Crippen LogP contribution in [0.2, 0.25) is 5.02 Å². The normalized spacial score (nSPS) is 9.54. The molecule has 2 aromatic rings. The molecule has 0 saturated heterocycles. The number of benzene rings is 1. The van der Waals surface area contributed by atoms with Gasteiger partial charge in [0.15, 0.2) is 0 Å². The molecule has 0 atom stereocenters. The van der Waals surface area contributed by atoms with Gasteiger partial charge in [-0.3, -0.25) is 5.10 Å². The van der Waals surface area contributed by atoms with Crippen LogP contribution in [-0.4, -0.2) is 10.2 Å². The molecule has 1 aromatic carbocycles. The lowest BCUT2D eigenvalue weighted by molar-refractivity contribution is 1.07. The quantitative estimate of drug-likeness (QED) is 0.686. The first kappa shape index (κ1) is 10.1. The zero-order valence-corrected chi connectivity index (χ0v) is 8.81. The summed E-state index contributed by atoms with van der Waals surface area (Å²) in [5.74, 6) is 0. The van der Waals surface area contributed by atoms with E-state index in [0.717, 1.165) is 21.6 Å². The van der Waals surface area contributed by atoms with Crippen LogP contribution in [0.5, 0.6) is 0 Å². The highest BCUT2D eigenvalue weighted by molar-refractivity contribution is 6.35. The number of aromatic amines is 1. The molecule has 70 valence electrons. The Balaban J connectivity index is 0.000000396. The topological polar surface area (TPSA) is 28.7 Å². The summed E-state index contributed by atoms with van der Waals surface area (Å²) in [5.41, 5.74) is 1.95. The smallest absolute Gasteiger partial charge is 0.0938 e. The molecule has 0 aliphatic heterocycles. The van der Waals surface area contributed by atoms with E-state index in [9.17, 15) is 0 Å². The Morgan fingerprint density at radius 1 is 1.31 bits per heavy atom. The summed E-state index contributed by atoms with van der Waals surface area (Å²) >= 11 is 5.94. The minimum atomic E-state index is 0.758. The van der Waals surface area contributed by atoms with Crippen LogP contribution in [0.25, 0.3) is 10.9 Å². The Morgan fingerprint density at radius 2 is 2.00 bits per heavy atom. The number of nitrogens with one attached hydrogen (secondary N) is 1. The number of rotatable bonds is 0. The summed E-state index contributed by atoms with van der Waals surface area (Å²) in [4.78, 5) is 0. The van der Waals surface area contributed by atoms with Crippen molar-refractivity contribution in [3.05, 3.63) is 28.9 Å². The molecular formula is C10H13ClN2. The number of fused-ring (bicyclic) bond motifs is 1. The van der Waals surface area contributed by atoms with Gasteiger partial charge in [-0.1, -0.05) is 31.5 Å². The zero-order valence-electron chi connectivity index (χ0n) is 8.06. The molecule has 2 nitrogen and oxygen atoms in total. The van der Waals surface area contributed by atoms with Crippen molar-refractivity contribution in [3.63, 3.8) is 0 Å². The standard InChI is InChI=1S/C8H7ClN2.C2H6/c1-5-8-6(9)3-2-4-7(8)11-10-5;1-2/h2-4H,1H3,(H,10,11);1-2H3. The maximum Gasteiger partial charge on any atom is 0.0938 e. The summed E-state index contributed by atoms with van der Waals surface area (Å²) in [6.07, 6.45) is 0. The molecule has 0 spiro atoms. The van der Waals surface area contributed by atoms with Crippen LogP contribution in [0, 0.1) is 6.92 Å². The molecule has 0 aliphatic rings. The van der Waals surface area contributed by atoms with E-state index in [1.54, 1.807) is 0 Å². The molecular weight excluding hydrogens is 184 g/mol. The summed E-state index contributed by atoms with van der Waals surface area (Å²) in [5, 5.41) is 8.73. The lowest BCUT2D eigenvalue weighted by Gasteiger charge is -1.91. The molecule has 2 rings (SSSR count). The van der Waals surface area contributed by atoms with Crippen molar-refractivity contribution in [3.8, 4) is 0 Å². The van der Waals surface area contributed by atoms with Crippen molar-refractivity contribution in [2.45, 2.75) is 20.8 Å². The molecule has 1 heterocycles. The van der Waals surface area contributed by atoms with Crippen molar-refractivity contribution in [1.29, 1.82) is 0 Å². The van der Waals surface area contributed by atoms with Crippen LogP contribution in [0.1, 0.15) is 19.5 Å². The van der Waals surface area contributed by atoms with Crippen LogP contribution in [0.4, 0.5) is 0 Å². The summed E-state index contributed by atoms with van der Waals surface area (Å²) in [6.45, 7) is 5.96. The molecule has 3 heteroatoms. The lowest BCUT2D eigenvalue weighted by atomic mass is 10.2. The van der Waals surface area contributed by atoms with E-state index in [0.29, 0.717) is 0 Å². The third-order valence-corrected chi connectivity index (χ3v) is 2.03. The van der Waals surface area contributed by atoms with Gasteiger partial charge in [-0.05, 0) is 19.1 Å². The van der Waals surface area contributed by atoms with Gasteiger partial charge in [0.1, 0.15) is 0 Å². The highest BCUT2D eigenvalue weighted by Crippen LogP contribution is 2.23. The number of nitrogens with zero attached hydrogens (tertiary/aromatic N) is 1. The first-order chi connectivity index (χ1) is 6.29. The maximum atomic E-state index is 5.94. The van der Waals surface area contributed by atoms with E-state index in [1.165, 1.54) is 0 Å². The fourth-order valence-electron chi connectivity index (χ4n) is 1.18. The highest BCUT2D eigenvalue weighted by atomic mass is 35.5. The van der Waals surface area contributed by atoms with Crippen molar-refractivity contribution in [2.75, 3.05) is 0 Å². The van der Waals surface area contributed by atoms with Crippen molar-refractivity contribution in [2.24, 2.45) is 0 Å². The van der Waals surface area contributed by atoms with E-state index < -0.39 is 0 Å². The Kier molecular flexibility index (Phi) is 3.32. The van der Waals surface area contributed by atoms with Crippen LogP contribution >= 0.6 is 11.6 Å². The number of hydrogen-bond donors (Lipinski definition) is 1. The second-order valence-electron chi connectivity index (χ2n) is 2.48. The van der Waals surface area contributed by atoms with Crippen LogP contribution < -0.4 is 0 Å². The van der Waals surface area contributed by atoms with Crippen LogP contribution in [0.15, 0.2) is 18.2 Å². The van der Waals surface area contributed by atoms with Crippen molar-refractivity contribution >= 4 is 22.5 Å². The Bertz CT molecular complexity index is 393. The molecule has 0 radical (unpaired) electrons. The largest absolute Gasteiger partial charge is 0.282 e. The van der Waals surface area contributed by atoms with Crippen LogP contribution in [-0.2, 0) is 0 Å². The average Bonchev–Trinajstić information content (AvgIpc) is 2.53. The predicted octanol–water partition coefficient (Wildman–Crippen LogP) is 3.55. The van der Waals surface area contributed by atoms with Gasteiger partial charge >= 0.3 is 0 Å². The molecule has 0 unspecified atom stereocenters. The SMILES string of the molecule is CC.Cc1[nH]nc2cccc(Cl)c12. The maximum absolute atomic E-state index is 5.94. The average molecular weight is 197 g/mol. The van der Waals surface area contributed by atoms with E-state index in [1.807, 2.05) is 39.0 Å².